The Morgan fingerprint density at radius 1 is 1.42 bits per heavy atom. The summed E-state index contributed by atoms with van der Waals surface area (Å²) < 4.78 is 0. The molecule has 0 bridgehead atoms. The third-order valence-electron chi connectivity index (χ3n) is 1.76. The van der Waals surface area contributed by atoms with Gasteiger partial charge in [0.15, 0.2) is 0 Å². The van der Waals surface area contributed by atoms with E-state index < -0.39 is 0 Å². The van der Waals surface area contributed by atoms with Crippen LogP contribution < -0.4 is 5.73 Å². The largest absolute Gasteiger partial charge is 0.324 e. The number of hydrogen-bond donors (Lipinski definition) is 1. The first kappa shape index (κ1) is 9.13. The molecule has 0 aromatic carbocycles. The fourth-order valence-corrected chi connectivity index (χ4v) is 1.16. The van der Waals surface area contributed by atoms with Crippen LogP contribution in [0.2, 0.25) is 0 Å². The molecule has 0 aliphatic rings. The lowest BCUT2D eigenvalue weighted by atomic mass is 10.00. The number of aromatic nitrogens is 2. The van der Waals surface area contributed by atoms with E-state index in [2.05, 4.69) is 24.0 Å². The molecule has 66 valence electrons. The number of nitrogens with two attached hydrogens (primary N) is 1. The zero-order valence-electron chi connectivity index (χ0n) is 7.57. The molecule has 1 aromatic rings. The van der Waals surface area contributed by atoms with Gasteiger partial charge in [0.05, 0.1) is 6.20 Å². The molecule has 2 N–H and O–H groups in total. The van der Waals surface area contributed by atoms with E-state index in [9.17, 15) is 0 Å². The molecule has 0 aliphatic carbocycles. The van der Waals surface area contributed by atoms with Crippen molar-refractivity contribution in [3.8, 4) is 0 Å². The Morgan fingerprint density at radius 3 is 2.67 bits per heavy atom. The molecular formula is C9H15N3. The van der Waals surface area contributed by atoms with Gasteiger partial charge in [-0.1, -0.05) is 13.8 Å². The summed E-state index contributed by atoms with van der Waals surface area (Å²) in [5.41, 5.74) is 7.00. The highest BCUT2D eigenvalue weighted by atomic mass is 15.1. The van der Waals surface area contributed by atoms with Crippen LogP contribution in [0.3, 0.4) is 0 Å². The van der Waals surface area contributed by atoms with Crippen LogP contribution in [0.1, 0.15) is 31.9 Å². The van der Waals surface area contributed by atoms with E-state index >= 15 is 0 Å². The minimum Gasteiger partial charge on any atom is -0.324 e. The molecule has 1 unspecified atom stereocenters. The van der Waals surface area contributed by atoms with Gasteiger partial charge in [0, 0.05) is 12.2 Å². The van der Waals surface area contributed by atoms with Gasteiger partial charge in [-0.05, 0) is 24.0 Å². The fraction of sp³-hybridized carbons (Fsp3) is 0.556. The van der Waals surface area contributed by atoms with Gasteiger partial charge in [0.25, 0.3) is 0 Å². The molecular weight excluding hydrogens is 150 g/mol. The van der Waals surface area contributed by atoms with E-state index in [-0.39, 0.29) is 6.04 Å². The topological polar surface area (TPSA) is 51.8 Å². The minimum atomic E-state index is 0.0977. The second kappa shape index (κ2) is 4.16. The van der Waals surface area contributed by atoms with E-state index in [4.69, 9.17) is 5.73 Å². The third kappa shape index (κ3) is 2.58. The van der Waals surface area contributed by atoms with Crippen LogP contribution in [0.4, 0.5) is 0 Å². The smallest absolute Gasteiger partial charge is 0.0543 e. The molecule has 1 heterocycles. The maximum atomic E-state index is 5.93. The Hall–Kier alpha value is -0.960. The molecule has 0 aliphatic heterocycles. The van der Waals surface area contributed by atoms with Crippen molar-refractivity contribution in [1.82, 2.24) is 10.2 Å². The average molecular weight is 165 g/mol. The van der Waals surface area contributed by atoms with Crippen molar-refractivity contribution in [3.05, 3.63) is 24.0 Å². The van der Waals surface area contributed by atoms with Gasteiger partial charge in [-0.15, -0.1) is 0 Å². The van der Waals surface area contributed by atoms with E-state index in [0.717, 1.165) is 12.0 Å². The monoisotopic (exact) mass is 165 g/mol. The van der Waals surface area contributed by atoms with Gasteiger partial charge in [0.2, 0.25) is 0 Å². The second-order valence-electron chi connectivity index (χ2n) is 3.41. The Balaban J connectivity index is 2.59. The summed E-state index contributed by atoms with van der Waals surface area (Å²) >= 11 is 0. The zero-order chi connectivity index (χ0) is 8.97. The average Bonchev–Trinajstić information content (AvgIpc) is 2.05. The second-order valence-corrected chi connectivity index (χ2v) is 3.41. The van der Waals surface area contributed by atoms with Gasteiger partial charge in [0.1, 0.15) is 0 Å². The normalized spacial score (nSPS) is 13.3. The van der Waals surface area contributed by atoms with Crippen LogP contribution in [-0.4, -0.2) is 10.2 Å². The van der Waals surface area contributed by atoms with Crippen LogP contribution in [0, 0.1) is 5.92 Å². The first-order valence-corrected chi connectivity index (χ1v) is 4.22. The summed E-state index contributed by atoms with van der Waals surface area (Å²) in [6.45, 7) is 4.32. The summed E-state index contributed by atoms with van der Waals surface area (Å²) in [7, 11) is 0. The highest BCUT2D eigenvalue weighted by molar-refractivity contribution is 5.10. The molecule has 1 aromatic heterocycles. The molecule has 0 saturated carbocycles. The van der Waals surface area contributed by atoms with Gasteiger partial charge in [-0.25, -0.2) is 0 Å². The van der Waals surface area contributed by atoms with Crippen LogP contribution in [0.15, 0.2) is 18.5 Å². The van der Waals surface area contributed by atoms with Gasteiger partial charge >= 0.3 is 0 Å². The summed E-state index contributed by atoms with van der Waals surface area (Å²) in [6.07, 6.45) is 4.40. The van der Waals surface area contributed by atoms with Crippen molar-refractivity contribution in [2.45, 2.75) is 26.3 Å². The Kier molecular flexibility index (Phi) is 3.17. The molecule has 12 heavy (non-hydrogen) atoms. The fourth-order valence-electron chi connectivity index (χ4n) is 1.16. The quantitative estimate of drug-likeness (QED) is 0.738. The van der Waals surface area contributed by atoms with Crippen LogP contribution >= 0.6 is 0 Å². The first-order chi connectivity index (χ1) is 5.70. The molecule has 0 saturated heterocycles. The van der Waals surface area contributed by atoms with E-state index in [1.807, 2.05) is 6.07 Å². The standard InChI is InChI=1S/C9H15N3/c1-7(2)5-9(10)8-3-4-11-12-6-8/h3-4,6-7,9H,5,10H2,1-2H3. The van der Waals surface area contributed by atoms with E-state index in [0.29, 0.717) is 5.92 Å². The van der Waals surface area contributed by atoms with Crippen LogP contribution in [-0.2, 0) is 0 Å². The summed E-state index contributed by atoms with van der Waals surface area (Å²) in [6, 6.07) is 2.01. The van der Waals surface area contributed by atoms with Gasteiger partial charge in [-0.3, -0.25) is 0 Å². The van der Waals surface area contributed by atoms with Crippen molar-refractivity contribution >= 4 is 0 Å². The zero-order valence-corrected chi connectivity index (χ0v) is 7.57. The maximum Gasteiger partial charge on any atom is 0.0543 e. The third-order valence-corrected chi connectivity index (χ3v) is 1.76. The van der Waals surface area contributed by atoms with E-state index in [1.54, 1.807) is 12.4 Å². The molecule has 0 amide bonds. The van der Waals surface area contributed by atoms with Crippen molar-refractivity contribution in [1.29, 1.82) is 0 Å². The van der Waals surface area contributed by atoms with Crippen molar-refractivity contribution in [2.75, 3.05) is 0 Å². The lowest BCUT2D eigenvalue weighted by Gasteiger charge is -2.12. The molecule has 1 rings (SSSR count). The number of hydrogen-bond acceptors (Lipinski definition) is 3. The molecule has 1 atom stereocenters. The van der Waals surface area contributed by atoms with Gasteiger partial charge < -0.3 is 5.73 Å². The predicted molar refractivity (Wildman–Crippen MR) is 48.4 cm³/mol. The molecule has 0 fully saturated rings. The van der Waals surface area contributed by atoms with Crippen molar-refractivity contribution in [3.63, 3.8) is 0 Å². The summed E-state index contributed by atoms with van der Waals surface area (Å²) in [5.74, 6) is 0.619. The van der Waals surface area contributed by atoms with Crippen molar-refractivity contribution < 1.29 is 0 Å². The molecule has 0 radical (unpaired) electrons. The highest BCUT2D eigenvalue weighted by Gasteiger charge is 2.07. The predicted octanol–water partition coefficient (Wildman–Crippen LogP) is 1.52. The van der Waals surface area contributed by atoms with Crippen molar-refractivity contribution in [2.24, 2.45) is 11.7 Å². The highest BCUT2D eigenvalue weighted by Crippen LogP contribution is 2.16. The number of nitrogens with zero attached hydrogens (tertiary/aromatic N) is 2. The lowest BCUT2D eigenvalue weighted by molar-refractivity contribution is 0.508. The molecule has 3 heteroatoms. The molecule has 3 nitrogen and oxygen atoms in total. The van der Waals surface area contributed by atoms with Crippen LogP contribution in [0.5, 0.6) is 0 Å². The number of rotatable bonds is 3. The molecule has 0 spiro atoms. The lowest BCUT2D eigenvalue weighted by Crippen LogP contribution is -2.13. The first-order valence-electron chi connectivity index (χ1n) is 4.22. The Labute approximate surface area is 73.0 Å². The Bertz CT molecular complexity index is 220. The minimum absolute atomic E-state index is 0.0977. The van der Waals surface area contributed by atoms with Gasteiger partial charge in [-0.2, -0.15) is 10.2 Å². The summed E-state index contributed by atoms with van der Waals surface area (Å²) in [5, 5.41) is 7.48. The SMILES string of the molecule is CC(C)CC(N)c1ccnnc1. The van der Waals surface area contributed by atoms with E-state index in [1.165, 1.54) is 0 Å². The Morgan fingerprint density at radius 2 is 2.17 bits per heavy atom. The maximum absolute atomic E-state index is 5.93. The summed E-state index contributed by atoms with van der Waals surface area (Å²) in [4.78, 5) is 0. The van der Waals surface area contributed by atoms with Crippen LogP contribution in [0.25, 0.3) is 0 Å².